The van der Waals surface area contributed by atoms with Crippen molar-refractivity contribution in [3.63, 3.8) is 0 Å². The second-order valence-corrected chi connectivity index (χ2v) is 6.52. The van der Waals surface area contributed by atoms with Crippen molar-refractivity contribution in [1.82, 2.24) is 0 Å². The molecule has 2 aromatic rings. The molecule has 2 rings (SSSR count). The van der Waals surface area contributed by atoms with Crippen molar-refractivity contribution in [3.8, 4) is 0 Å². The molecule has 1 nitrogen and oxygen atoms in total. The zero-order chi connectivity index (χ0) is 14.8. The van der Waals surface area contributed by atoms with E-state index in [1.54, 1.807) is 0 Å². The van der Waals surface area contributed by atoms with Crippen molar-refractivity contribution in [2.45, 2.75) is 45.1 Å². The fourth-order valence-corrected chi connectivity index (χ4v) is 2.58. The molecular weight excluding hydrogens is 242 g/mol. The van der Waals surface area contributed by atoms with Gasteiger partial charge in [-0.3, -0.25) is 0 Å². The molecule has 0 aliphatic heterocycles. The molecule has 0 bridgehead atoms. The highest BCUT2D eigenvalue weighted by molar-refractivity contribution is 5.39. The van der Waals surface area contributed by atoms with Crippen molar-refractivity contribution in [1.29, 1.82) is 0 Å². The fraction of sp³-hybridized carbons (Fsp3) is 0.368. The highest BCUT2D eigenvalue weighted by atomic mass is 14.7. The van der Waals surface area contributed by atoms with Crippen LogP contribution in [0, 0.1) is 0 Å². The molecule has 0 aromatic heterocycles. The lowest BCUT2D eigenvalue weighted by molar-refractivity contribution is 0.517. The lowest BCUT2D eigenvalue weighted by Crippen LogP contribution is -2.37. The summed E-state index contributed by atoms with van der Waals surface area (Å²) < 4.78 is 0. The first-order valence-electron chi connectivity index (χ1n) is 7.33. The van der Waals surface area contributed by atoms with Gasteiger partial charge in [-0.2, -0.15) is 0 Å². The number of hydrogen-bond acceptors (Lipinski definition) is 1. The molecule has 0 radical (unpaired) electrons. The van der Waals surface area contributed by atoms with Gasteiger partial charge in [0.1, 0.15) is 0 Å². The number of hydrogen-bond donors (Lipinski definition) is 1. The Bertz CT molecular complexity index is 549. The molecule has 0 saturated carbocycles. The Balaban J connectivity index is 2.43. The topological polar surface area (TPSA) is 26.0 Å². The minimum absolute atomic E-state index is 0.175. The van der Waals surface area contributed by atoms with E-state index in [1.807, 2.05) is 6.07 Å². The van der Waals surface area contributed by atoms with E-state index in [9.17, 15) is 0 Å². The van der Waals surface area contributed by atoms with Gasteiger partial charge in [0.25, 0.3) is 0 Å². The zero-order valence-corrected chi connectivity index (χ0v) is 13.0. The van der Waals surface area contributed by atoms with Crippen LogP contribution in [0.15, 0.2) is 54.6 Å². The summed E-state index contributed by atoms with van der Waals surface area (Å²) in [4.78, 5) is 0. The highest BCUT2D eigenvalue weighted by Crippen LogP contribution is 2.32. The van der Waals surface area contributed by atoms with Crippen molar-refractivity contribution in [2.75, 3.05) is 0 Å². The summed E-state index contributed by atoms with van der Waals surface area (Å²) in [6.07, 6.45) is 0.881. The van der Waals surface area contributed by atoms with Gasteiger partial charge < -0.3 is 5.73 Å². The minimum Gasteiger partial charge on any atom is -0.318 e. The molecule has 0 saturated heterocycles. The fourth-order valence-electron chi connectivity index (χ4n) is 2.58. The Kier molecular flexibility index (Phi) is 4.01. The minimum atomic E-state index is -0.405. The average molecular weight is 267 g/mol. The van der Waals surface area contributed by atoms with Crippen LogP contribution < -0.4 is 5.73 Å². The first-order valence-corrected chi connectivity index (χ1v) is 7.33. The third kappa shape index (κ3) is 2.78. The van der Waals surface area contributed by atoms with Crippen LogP contribution in [0.25, 0.3) is 0 Å². The Morgan fingerprint density at radius 3 is 1.65 bits per heavy atom. The summed E-state index contributed by atoms with van der Waals surface area (Å²) >= 11 is 0. The first-order chi connectivity index (χ1) is 9.38. The van der Waals surface area contributed by atoms with E-state index in [1.165, 1.54) is 16.7 Å². The molecule has 0 spiro atoms. The van der Waals surface area contributed by atoms with Crippen LogP contribution >= 0.6 is 0 Å². The van der Waals surface area contributed by atoms with E-state index >= 15 is 0 Å². The lowest BCUT2D eigenvalue weighted by atomic mass is 9.79. The van der Waals surface area contributed by atoms with Crippen LogP contribution in [0.1, 0.15) is 50.8 Å². The first kappa shape index (κ1) is 14.8. The average Bonchev–Trinajstić information content (AvgIpc) is 2.46. The molecule has 0 heterocycles. The monoisotopic (exact) mass is 267 g/mol. The quantitative estimate of drug-likeness (QED) is 0.864. The highest BCUT2D eigenvalue weighted by Gasteiger charge is 2.27. The van der Waals surface area contributed by atoms with Crippen LogP contribution in [0.2, 0.25) is 0 Å². The molecule has 1 heteroatoms. The van der Waals surface area contributed by atoms with Gasteiger partial charge in [-0.15, -0.1) is 0 Å². The van der Waals surface area contributed by atoms with Crippen LogP contribution in [-0.4, -0.2) is 0 Å². The van der Waals surface area contributed by atoms with Gasteiger partial charge in [0.05, 0.1) is 5.54 Å². The van der Waals surface area contributed by atoms with Gasteiger partial charge in [-0.25, -0.2) is 0 Å². The van der Waals surface area contributed by atoms with Gasteiger partial charge in [-0.1, -0.05) is 82.3 Å². The Hall–Kier alpha value is -1.60. The maximum atomic E-state index is 6.70. The molecule has 2 aromatic carbocycles. The zero-order valence-electron chi connectivity index (χ0n) is 13.0. The molecule has 0 aliphatic carbocycles. The third-order valence-corrected chi connectivity index (χ3v) is 4.11. The number of nitrogens with two attached hydrogens (primary N) is 1. The van der Waals surface area contributed by atoms with Crippen molar-refractivity contribution in [2.24, 2.45) is 5.73 Å². The molecular formula is C19H25N. The van der Waals surface area contributed by atoms with E-state index in [0.717, 1.165) is 6.42 Å². The van der Waals surface area contributed by atoms with E-state index in [4.69, 9.17) is 5.73 Å². The summed E-state index contributed by atoms with van der Waals surface area (Å²) in [6, 6.07) is 19.1. The van der Waals surface area contributed by atoms with Crippen molar-refractivity contribution < 1.29 is 0 Å². The number of benzene rings is 2. The summed E-state index contributed by atoms with van der Waals surface area (Å²) in [6.45, 7) is 8.84. The summed E-state index contributed by atoms with van der Waals surface area (Å²) in [7, 11) is 0. The molecule has 106 valence electrons. The number of rotatable bonds is 3. The third-order valence-electron chi connectivity index (χ3n) is 4.11. The molecule has 2 N–H and O–H groups in total. The summed E-state index contributed by atoms with van der Waals surface area (Å²) in [5, 5.41) is 0. The van der Waals surface area contributed by atoms with Gasteiger partial charge in [0.15, 0.2) is 0 Å². The van der Waals surface area contributed by atoms with Crippen LogP contribution in [0.4, 0.5) is 0 Å². The predicted molar refractivity (Wildman–Crippen MR) is 86.8 cm³/mol. The van der Waals surface area contributed by atoms with E-state index < -0.39 is 5.54 Å². The SMILES string of the molecule is CCC(N)(c1ccccc1)c1ccc(C(C)(C)C)cc1. The summed E-state index contributed by atoms with van der Waals surface area (Å²) in [5.41, 5.74) is 10.2. The van der Waals surface area contributed by atoms with Crippen LogP contribution in [-0.2, 0) is 11.0 Å². The Morgan fingerprint density at radius 2 is 1.20 bits per heavy atom. The van der Waals surface area contributed by atoms with E-state index in [0.29, 0.717) is 0 Å². The van der Waals surface area contributed by atoms with Gasteiger partial charge >= 0.3 is 0 Å². The maximum absolute atomic E-state index is 6.70. The molecule has 0 aliphatic rings. The van der Waals surface area contributed by atoms with Gasteiger partial charge in [0, 0.05) is 0 Å². The molecule has 1 unspecified atom stereocenters. The predicted octanol–water partition coefficient (Wildman–Crippen LogP) is 4.60. The molecule has 0 amide bonds. The van der Waals surface area contributed by atoms with Crippen molar-refractivity contribution >= 4 is 0 Å². The lowest BCUT2D eigenvalue weighted by Gasteiger charge is -2.30. The van der Waals surface area contributed by atoms with Gasteiger partial charge in [0.2, 0.25) is 0 Å². The van der Waals surface area contributed by atoms with Crippen LogP contribution in [0.5, 0.6) is 0 Å². The van der Waals surface area contributed by atoms with Crippen molar-refractivity contribution in [3.05, 3.63) is 71.3 Å². The normalized spacial score (nSPS) is 14.8. The second-order valence-electron chi connectivity index (χ2n) is 6.52. The smallest absolute Gasteiger partial charge is 0.0662 e. The molecule has 20 heavy (non-hydrogen) atoms. The maximum Gasteiger partial charge on any atom is 0.0662 e. The van der Waals surface area contributed by atoms with Gasteiger partial charge in [-0.05, 0) is 28.5 Å². The summed E-state index contributed by atoms with van der Waals surface area (Å²) in [5.74, 6) is 0. The standard InChI is InChI=1S/C19H25N/c1-5-19(20,16-9-7-6-8-10-16)17-13-11-15(12-14-17)18(2,3)4/h6-14H,5,20H2,1-4H3. The second kappa shape index (κ2) is 5.41. The molecule has 1 atom stereocenters. The largest absolute Gasteiger partial charge is 0.318 e. The van der Waals surface area contributed by atoms with E-state index in [2.05, 4.69) is 76.2 Å². The Morgan fingerprint density at radius 1 is 0.750 bits per heavy atom. The molecule has 0 fully saturated rings. The van der Waals surface area contributed by atoms with Crippen LogP contribution in [0.3, 0.4) is 0 Å². The van der Waals surface area contributed by atoms with E-state index in [-0.39, 0.29) is 5.41 Å². The Labute approximate surface area is 122 Å².